The van der Waals surface area contributed by atoms with Crippen molar-refractivity contribution < 1.29 is 0 Å². The van der Waals surface area contributed by atoms with Gasteiger partial charge in [-0.25, -0.2) is 0 Å². The molecule has 0 bridgehead atoms. The molecule has 0 fully saturated rings. The van der Waals surface area contributed by atoms with Crippen LogP contribution in [-0.4, -0.2) is 0 Å². The Morgan fingerprint density at radius 3 is 2.85 bits per heavy atom. The minimum Gasteiger partial charge on any atom is -0.192 e. The maximum Gasteiger partial charge on any atom is 0.0998 e. The largest absolute Gasteiger partial charge is 0.192 e. The summed E-state index contributed by atoms with van der Waals surface area (Å²) in [5.41, 5.74) is 0.630. The summed E-state index contributed by atoms with van der Waals surface area (Å²) in [7, 11) is 0. The van der Waals surface area contributed by atoms with Crippen molar-refractivity contribution in [1.29, 1.82) is 5.26 Å². The van der Waals surface area contributed by atoms with Crippen molar-refractivity contribution in [3.05, 3.63) is 28.1 Å². The van der Waals surface area contributed by atoms with Gasteiger partial charge in [0, 0.05) is 15.0 Å². The van der Waals surface area contributed by atoms with Crippen molar-refractivity contribution >= 4 is 45.7 Å². The lowest BCUT2D eigenvalue weighted by Gasteiger charge is -1.94. The van der Waals surface area contributed by atoms with Crippen LogP contribution in [0.25, 0.3) is 10.1 Å². The topological polar surface area (TPSA) is 23.8 Å². The number of rotatable bonds is 0. The van der Waals surface area contributed by atoms with Crippen LogP contribution in [0, 0.1) is 11.3 Å². The normalized spacial score (nSPS) is 10.2. The highest BCUT2D eigenvalue weighted by atomic mass is 35.5. The van der Waals surface area contributed by atoms with Crippen LogP contribution < -0.4 is 0 Å². The number of nitrogens with zero attached hydrogens (tertiary/aromatic N) is 1. The van der Waals surface area contributed by atoms with Gasteiger partial charge in [-0.15, -0.1) is 24.0 Å². The second-order valence-corrected chi connectivity index (χ2v) is 4.80. The quantitative estimate of drug-likeness (QED) is 0.679. The van der Waals surface area contributed by atoms with Gasteiger partial charge in [0.05, 0.1) is 16.0 Å². The summed E-state index contributed by atoms with van der Waals surface area (Å²) in [4.78, 5) is 0.794. The molecule has 2 rings (SSSR count). The Labute approximate surface area is 90.0 Å². The highest BCUT2D eigenvalue weighted by molar-refractivity contribution is 7.80. The maximum atomic E-state index is 8.85. The molecule has 1 nitrogen and oxygen atoms in total. The zero-order valence-corrected chi connectivity index (χ0v) is 8.88. The van der Waals surface area contributed by atoms with E-state index in [0.29, 0.717) is 9.90 Å². The van der Waals surface area contributed by atoms with Gasteiger partial charge >= 0.3 is 0 Å². The first-order chi connectivity index (χ1) is 6.20. The van der Waals surface area contributed by atoms with E-state index in [4.69, 9.17) is 16.9 Å². The van der Waals surface area contributed by atoms with Crippen molar-refractivity contribution in [2.75, 3.05) is 0 Å². The third-order valence-electron chi connectivity index (χ3n) is 1.71. The van der Waals surface area contributed by atoms with Gasteiger partial charge in [0.15, 0.2) is 0 Å². The first-order valence-electron chi connectivity index (χ1n) is 3.53. The molecule has 0 aliphatic carbocycles. The summed E-state index contributed by atoms with van der Waals surface area (Å²) in [5.74, 6) is 0. The number of halogens is 1. The predicted molar refractivity (Wildman–Crippen MR) is 58.8 cm³/mol. The average molecular weight is 226 g/mol. The van der Waals surface area contributed by atoms with Crippen LogP contribution >= 0.6 is 35.6 Å². The third-order valence-corrected chi connectivity index (χ3v) is 3.18. The maximum absolute atomic E-state index is 8.85. The Kier molecular flexibility index (Phi) is 2.20. The third kappa shape index (κ3) is 1.53. The molecule has 1 aromatic heterocycles. The molecule has 0 amide bonds. The highest BCUT2D eigenvalue weighted by Gasteiger charge is 2.05. The second kappa shape index (κ2) is 3.22. The van der Waals surface area contributed by atoms with Gasteiger partial charge in [0.2, 0.25) is 0 Å². The first kappa shape index (κ1) is 8.89. The number of hydrogen-bond donors (Lipinski definition) is 1. The molecule has 0 radical (unpaired) electrons. The van der Waals surface area contributed by atoms with Crippen LogP contribution in [0.15, 0.2) is 23.1 Å². The molecular formula is C9H4ClNS2. The Balaban J connectivity index is 2.90. The summed E-state index contributed by atoms with van der Waals surface area (Å²) < 4.78 is 1.71. The molecule has 1 heterocycles. The molecular weight excluding hydrogens is 222 g/mol. The molecule has 0 aliphatic rings. The van der Waals surface area contributed by atoms with E-state index in [1.54, 1.807) is 6.07 Å². The van der Waals surface area contributed by atoms with Crippen molar-refractivity contribution in [2.24, 2.45) is 0 Å². The first-order valence-corrected chi connectivity index (χ1v) is 5.17. The van der Waals surface area contributed by atoms with Gasteiger partial charge in [0.25, 0.3) is 0 Å². The van der Waals surface area contributed by atoms with E-state index in [-0.39, 0.29) is 0 Å². The molecule has 0 unspecified atom stereocenters. The fraction of sp³-hybridized carbons (Fsp3) is 0. The number of hydrogen-bond acceptors (Lipinski definition) is 3. The van der Waals surface area contributed by atoms with Crippen molar-refractivity contribution in [1.82, 2.24) is 0 Å². The summed E-state index contributed by atoms with van der Waals surface area (Å²) in [6.45, 7) is 0. The lowest BCUT2D eigenvalue weighted by molar-refractivity contribution is 1.46. The van der Waals surface area contributed by atoms with Crippen molar-refractivity contribution in [2.45, 2.75) is 4.90 Å². The Morgan fingerprint density at radius 1 is 1.38 bits per heavy atom. The molecule has 1 aromatic carbocycles. The average Bonchev–Trinajstić information content (AvgIpc) is 2.43. The van der Waals surface area contributed by atoms with Crippen molar-refractivity contribution in [3.8, 4) is 6.07 Å². The molecule has 2 aromatic rings. The highest BCUT2D eigenvalue weighted by Crippen LogP contribution is 2.33. The van der Waals surface area contributed by atoms with Crippen LogP contribution in [0.4, 0.5) is 0 Å². The molecule has 0 spiro atoms. The molecule has 0 saturated heterocycles. The zero-order valence-electron chi connectivity index (χ0n) is 6.41. The molecule has 0 atom stereocenters. The molecule has 13 heavy (non-hydrogen) atoms. The van der Waals surface area contributed by atoms with Crippen LogP contribution in [0.1, 0.15) is 5.56 Å². The Bertz CT molecular complexity index is 510. The lowest BCUT2D eigenvalue weighted by Crippen LogP contribution is -1.75. The summed E-state index contributed by atoms with van der Waals surface area (Å²) in [5, 5.41) is 9.76. The number of benzene rings is 1. The molecule has 0 saturated carbocycles. The minimum absolute atomic E-state index is 0.630. The predicted octanol–water partition coefficient (Wildman–Crippen LogP) is 3.72. The zero-order chi connectivity index (χ0) is 9.42. The molecule has 0 N–H and O–H groups in total. The van der Waals surface area contributed by atoms with Crippen LogP contribution in [0.3, 0.4) is 0 Å². The summed E-state index contributed by atoms with van der Waals surface area (Å²) in [6, 6.07) is 7.59. The van der Waals surface area contributed by atoms with E-state index in [0.717, 1.165) is 15.0 Å². The Hall–Kier alpha value is -0.690. The summed E-state index contributed by atoms with van der Waals surface area (Å²) >= 11 is 11.5. The number of nitriles is 1. The van der Waals surface area contributed by atoms with E-state index in [2.05, 4.69) is 18.7 Å². The molecule has 4 heteroatoms. The van der Waals surface area contributed by atoms with E-state index in [1.165, 1.54) is 11.3 Å². The van der Waals surface area contributed by atoms with Gasteiger partial charge in [-0.2, -0.15) is 5.26 Å². The second-order valence-electron chi connectivity index (χ2n) is 2.57. The van der Waals surface area contributed by atoms with Gasteiger partial charge in [-0.3, -0.25) is 0 Å². The lowest BCUT2D eigenvalue weighted by atomic mass is 10.1. The van der Waals surface area contributed by atoms with Gasteiger partial charge in [-0.05, 0) is 18.2 Å². The van der Waals surface area contributed by atoms with E-state index >= 15 is 0 Å². The van der Waals surface area contributed by atoms with Gasteiger partial charge in [0.1, 0.15) is 0 Å². The number of thiophene rings is 1. The van der Waals surface area contributed by atoms with Crippen LogP contribution in [0.5, 0.6) is 0 Å². The summed E-state index contributed by atoms with van der Waals surface area (Å²) in [6.07, 6.45) is 0. The van der Waals surface area contributed by atoms with Gasteiger partial charge < -0.3 is 0 Å². The number of thiol groups is 1. The van der Waals surface area contributed by atoms with E-state index in [9.17, 15) is 0 Å². The SMILES string of the molecule is N#Cc1cc(S)cc2sc(Cl)cc12. The van der Waals surface area contributed by atoms with Crippen LogP contribution in [-0.2, 0) is 0 Å². The molecule has 64 valence electrons. The fourth-order valence-electron chi connectivity index (χ4n) is 1.19. The van der Waals surface area contributed by atoms with Gasteiger partial charge in [-0.1, -0.05) is 11.6 Å². The Morgan fingerprint density at radius 2 is 2.15 bits per heavy atom. The fourth-order valence-corrected chi connectivity index (χ4v) is 2.74. The molecule has 0 aliphatic heterocycles. The minimum atomic E-state index is 0.630. The monoisotopic (exact) mass is 225 g/mol. The standard InChI is InChI=1S/C9H4ClNS2/c10-9-3-7-5(4-11)1-6(12)2-8(7)13-9/h1-3,12H. The number of fused-ring (bicyclic) bond motifs is 1. The van der Waals surface area contributed by atoms with E-state index in [1.807, 2.05) is 12.1 Å². The van der Waals surface area contributed by atoms with E-state index < -0.39 is 0 Å². The smallest absolute Gasteiger partial charge is 0.0998 e. The van der Waals surface area contributed by atoms with Crippen LogP contribution in [0.2, 0.25) is 4.34 Å². The van der Waals surface area contributed by atoms with Crippen molar-refractivity contribution in [3.63, 3.8) is 0 Å².